The van der Waals surface area contributed by atoms with Gasteiger partial charge in [0.1, 0.15) is 5.75 Å². The van der Waals surface area contributed by atoms with Gasteiger partial charge < -0.3 is 5.11 Å². The molecule has 0 heterocycles. The second kappa shape index (κ2) is 5.24. The number of phenols is 1. The third kappa shape index (κ3) is 2.80. The molecule has 0 bridgehead atoms. The summed E-state index contributed by atoms with van der Waals surface area (Å²) < 4.78 is 0. The Morgan fingerprint density at radius 1 is 1.00 bits per heavy atom. The van der Waals surface area contributed by atoms with Gasteiger partial charge in [0.05, 0.1) is 5.02 Å². The molecule has 0 aliphatic heterocycles. The maximum Gasteiger partial charge on any atom is 0.134 e. The Bertz CT molecular complexity index is 503. The first-order chi connectivity index (χ1) is 8.20. The van der Waals surface area contributed by atoms with Crippen molar-refractivity contribution in [1.82, 2.24) is 0 Å². The summed E-state index contributed by atoms with van der Waals surface area (Å²) in [6, 6.07) is 13.7. The van der Waals surface area contributed by atoms with Gasteiger partial charge in [-0.25, -0.2) is 0 Å². The maximum atomic E-state index is 9.57. The first-order valence-electron chi connectivity index (χ1n) is 5.78. The molecule has 0 radical (unpaired) electrons. The van der Waals surface area contributed by atoms with E-state index >= 15 is 0 Å². The molecule has 1 nitrogen and oxygen atoms in total. The first kappa shape index (κ1) is 12.0. The lowest BCUT2D eigenvalue weighted by molar-refractivity contribution is 0.476. The van der Waals surface area contributed by atoms with E-state index < -0.39 is 0 Å². The van der Waals surface area contributed by atoms with Gasteiger partial charge >= 0.3 is 0 Å². The van der Waals surface area contributed by atoms with Crippen LogP contribution in [0.4, 0.5) is 0 Å². The zero-order valence-electron chi connectivity index (χ0n) is 9.78. The smallest absolute Gasteiger partial charge is 0.134 e. The summed E-state index contributed by atoms with van der Waals surface area (Å²) in [7, 11) is 0. The average Bonchev–Trinajstić information content (AvgIpc) is 2.34. The largest absolute Gasteiger partial charge is 0.506 e. The van der Waals surface area contributed by atoms with Crippen LogP contribution in [0.3, 0.4) is 0 Å². The van der Waals surface area contributed by atoms with Crippen LogP contribution in [0, 0.1) is 0 Å². The van der Waals surface area contributed by atoms with Crippen molar-refractivity contribution in [3.63, 3.8) is 0 Å². The van der Waals surface area contributed by atoms with Gasteiger partial charge in [-0.1, -0.05) is 55.3 Å². The monoisotopic (exact) mass is 246 g/mol. The number of aryl methyl sites for hydroxylation is 1. The lowest BCUT2D eigenvalue weighted by atomic mass is 10.0. The molecular weight excluding hydrogens is 232 g/mol. The summed E-state index contributed by atoms with van der Waals surface area (Å²) in [6.07, 6.45) is 2.26. The molecule has 0 aliphatic carbocycles. The van der Waals surface area contributed by atoms with E-state index in [0.717, 1.165) is 24.0 Å². The molecule has 2 rings (SSSR count). The highest BCUT2D eigenvalue weighted by Gasteiger charge is 2.02. The molecule has 2 heteroatoms. The average molecular weight is 247 g/mol. The normalized spacial score (nSPS) is 10.5. The molecule has 2 aromatic rings. The van der Waals surface area contributed by atoms with Crippen LogP contribution in [-0.4, -0.2) is 5.11 Å². The van der Waals surface area contributed by atoms with Gasteiger partial charge in [-0.15, -0.1) is 0 Å². The van der Waals surface area contributed by atoms with Gasteiger partial charge in [0.15, 0.2) is 0 Å². The van der Waals surface area contributed by atoms with E-state index in [4.69, 9.17) is 11.6 Å². The van der Waals surface area contributed by atoms with Crippen molar-refractivity contribution in [2.75, 3.05) is 0 Å². The molecule has 0 atom stereocenters. The molecule has 0 saturated heterocycles. The summed E-state index contributed by atoms with van der Waals surface area (Å²) in [6.45, 7) is 2.17. The van der Waals surface area contributed by atoms with Crippen molar-refractivity contribution >= 4 is 11.6 Å². The standard InChI is InChI=1S/C15H15ClO/c1-2-3-11-4-6-12(7-5-11)13-8-9-14(16)15(17)10-13/h4-10,17H,2-3H2,1H3. The van der Waals surface area contributed by atoms with Crippen LogP contribution in [0.15, 0.2) is 42.5 Å². The fourth-order valence-electron chi connectivity index (χ4n) is 1.84. The third-order valence-electron chi connectivity index (χ3n) is 2.77. The topological polar surface area (TPSA) is 20.2 Å². The first-order valence-corrected chi connectivity index (χ1v) is 6.16. The van der Waals surface area contributed by atoms with Crippen LogP contribution in [-0.2, 0) is 6.42 Å². The van der Waals surface area contributed by atoms with Gasteiger partial charge in [-0.2, -0.15) is 0 Å². The lowest BCUT2D eigenvalue weighted by Crippen LogP contribution is -1.83. The number of hydrogen-bond donors (Lipinski definition) is 1. The van der Waals surface area contributed by atoms with Gasteiger partial charge in [0.25, 0.3) is 0 Å². The molecule has 0 aliphatic rings. The summed E-state index contributed by atoms with van der Waals surface area (Å²) in [5.74, 6) is 0.127. The number of halogens is 1. The Labute approximate surface area is 107 Å². The summed E-state index contributed by atoms with van der Waals surface area (Å²) in [4.78, 5) is 0. The van der Waals surface area contributed by atoms with Crippen molar-refractivity contribution < 1.29 is 5.11 Å². The van der Waals surface area contributed by atoms with Gasteiger partial charge in [0.2, 0.25) is 0 Å². The van der Waals surface area contributed by atoms with Crippen LogP contribution >= 0.6 is 11.6 Å². The van der Waals surface area contributed by atoms with Crippen molar-refractivity contribution in [3.8, 4) is 16.9 Å². The van der Waals surface area contributed by atoms with E-state index in [1.807, 2.05) is 6.07 Å². The SMILES string of the molecule is CCCc1ccc(-c2ccc(Cl)c(O)c2)cc1. The van der Waals surface area contributed by atoms with Crippen LogP contribution in [0.1, 0.15) is 18.9 Å². The van der Waals surface area contributed by atoms with Crippen LogP contribution in [0.2, 0.25) is 5.02 Å². The zero-order valence-corrected chi connectivity index (χ0v) is 10.5. The van der Waals surface area contributed by atoms with Gasteiger partial charge in [-0.05, 0) is 35.2 Å². The zero-order chi connectivity index (χ0) is 12.3. The summed E-state index contributed by atoms with van der Waals surface area (Å²) in [5.41, 5.74) is 3.42. The van der Waals surface area contributed by atoms with Crippen molar-refractivity contribution in [3.05, 3.63) is 53.1 Å². The Balaban J connectivity index is 2.30. The predicted molar refractivity (Wildman–Crippen MR) is 72.5 cm³/mol. The van der Waals surface area contributed by atoms with Crippen LogP contribution < -0.4 is 0 Å². The number of aromatic hydroxyl groups is 1. The quantitative estimate of drug-likeness (QED) is 0.835. The van der Waals surface area contributed by atoms with E-state index in [-0.39, 0.29) is 5.75 Å². The Kier molecular flexibility index (Phi) is 3.70. The molecule has 0 fully saturated rings. The van der Waals surface area contributed by atoms with Crippen LogP contribution in [0.25, 0.3) is 11.1 Å². The molecule has 0 amide bonds. The molecule has 2 aromatic carbocycles. The molecular formula is C15H15ClO. The molecule has 0 saturated carbocycles. The van der Waals surface area contributed by atoms with Crippen molar-refractivity contribution in [2.24, 2.45) is 0 Å². The number of rotatable bonds is 3. The summed E-state index contributed by atoms with van der Waals surface area (Å²) in [5, 5.41) is 9.95. The van der Waals surface area contributed by atoms with Crippen molar-refractivity contribution in [2.45, 2.75) is 19.8 Å². The van der Waals surface area contributed by atoms with E-state index in [1.165, 1.54) is 5.56 Å². The Morgan fingerprint density at radius 2 is 1.65 bits per heavy atom. The van der Waals surface area contributed by atoms with E-state index in [9.17, 15) is 5.11 Å². The minimum absolute atomic E-state index is 0.127. The molecule has 1 N–H and O–H groups in total. The van der Waals surface area contributed by atoms with E-state index in [0.29, 0.717) is 5.02 Å². The van der Waals surface area contributed by atoms with Crippen LogP contribution in [0.5, 0.6) is 5.75 Å². The second-order valence-corrected chi connectivity index (χ2v) is 4.52. The fraction of sp³-hybridized carbons (Fsp3) is 0.200. The highest BCUT2D eigenvalue weighted by molar-refractivity contribution is 6.32. The maximum absolute atomic E-state index is 9.57. The van der Waals surface area contributed by atoms with E-state index in [2.05, 4.69) is 31.2 Å². The van der Waals surface area contributed by atoms with Gasteiger partial charge in [-0.3, -0.25) is 0 Å². The molecule has 17 heavy (non-hydrogen) atoms. The molecule has 0 spiro atoms. The van der Waals surface area contributed by atoms with E-state index in [1.54, 1.807) is 12.1 Å². The highest BCUT2D eigenvalue weighted by atomic mass is 35.5. The molecule has 0 aromatic heterocycles. The predicted octanol–water partition coefficient (Wildman–Crippen LogP) is 4.67. The second-order valence-electron chi connectivity index (χ2n) is 4.11. The lowest BCUT2D eigenvalue weighted by Gasteiger charge is -2.05. The Morgan fingerprint density at radius 3 is 2.24 bits per heavy atom. The molecule has 0 unspecified atom stereocenters. The number of benzene rings is 2. The minimum Gasteiger partial charge on any atom is -0.506 e. The molecule has 88 valence electrons. The number of phenolic OH excluding ortho intramolecular Hbond substituents is 1. The van der Waals surface area contributed by atoms with Gasteiger partial charge in [0, 0.05) is 0 Å². The minimum atomic E-state index is 0.127. The Hall–Kier alpha value is -1.47. The number of hydrogen-bond acceptors (Lipinski definition) is 1. The fourth-order valence-corrected chi connectivity index (χ4v) is 1.96. The van der Waals surface area contributed by atoms with Crippen molar-refractivity contribution in [1.29, 1.82) is 0 Å². The third-order valence-corrected chi connectivity index (χ3v) is 3.09. The summed E-state index contributed by atoms with van der Waals surface area (Å²) >= 11 is 5.78. The highest BCUT2D eigenvalue weighted by Crippen LogP contribution is 2.29.